The first-order chi connectivity index (χ1) is 8.70. The number of hydrogen-bond donors (Lipinski definition) is 2. The number of halogens is 5. The molecule has 0 spiro atoms. The van der Waals surface area contributed by atoms with E-state index in [9.17, 15) is 22.0 Å². The van der Waals surface area contributed by atoms with Crippen molar-refractivity contribution in [1.29, 1.82) is 0 Å². The zero-order valence-corrected chi connectivity index (χ0v) is 10.3. The number of nitrogens with two attached hydrogens (primary N) is 1. The fourth-order valence-electron chi connectivity index (χ4n) is 1.07. The zero-order chi connectivity index (χ0) is 15.1. The number of benzene rings is 1. The van der Waals surface area contributed by atoms with Crippen LogP contribution in [0.1, 0.15) is 24.9 Å². The van der Waals surface area contributed by atoms with Gasteiger partial charge < -0.3 is 10.8 Å². The summed E-state index contributed by atoms with van der Waals surface area (Å²) < 4.78 is 56.8. The average Bonchev–Trinajstić information content (AvgIpc) is 2.29. The smallest absolute Gasteiger partial charge is 0.304 e. The number of aliphatic hydroxyl groups excluding tert-OH is 1. The average molecular weight is 285 g/mol. The van der Waals surface area contributed by atoms with Crippen LogP contribution in [0.3, 0.4) is 0 Å². The molecule has 0 saturated carbocycles. The predicted molar refractivity (Wildman–Crippen MR) is 61.7 cm³/mol. The second kappa shape index (κ2) is 8.06. The van der Waals surface area contributed by atoms with E-state index in [0.29, 0.717) is 12.0 Å². The number of alkyl halides is 4. The van der Waals surface area contributed by atoms with E-state index in [1.165, 1.54) is 6.07 Å². The van der Waals surface area contributed by atoms with E-state index in [0.717, 1.165) is 0 Å². The van der Waals surface area contributed by atoms with Crippen molar-refractivity contribution in [3.63, 3.8) is 0 Å². The van der Waals surface area contributed by atoms with Crippen LogP contribution in [0.25, 0.3) is 0 Å². The summed E-state index contributed by atoms with van der Waals surface area (Å²) in [5.74, 6) is -4.14. The quantitative estimate of drug-likeness (QED) is 0.835. The molecular weight excluding hydrogens is 269 g/mol. The molecule has 0 aliphatic rings. The molecule has 0 fully saturated rings. The summed E-state index contributed by atoms with van der Waals surface area (Å²) in [7, 11) is 0. The molecule has 7 heteroatoms. The van der Waals surface area contributed by atoms with Gasteiger partial charge in [-0.05, 0) is 12.5 Å². The van der Waals surface area contributed by atoms with Crippen molar-refractivity contribution >= 4 is 0 Å². The van der Waals surface area contributed by atoms with Crippen molar-refractivity contribution in [1.82, 2.24) is 0 Å². The van der Waals surface area contributed by atoms with E-state index >= 15 is 0 Å². The van der Waals surface area contributed by atoms with Crippen LogP contribution in [0.15, 0.2) is 24.3 Å². The minimum atomic E-state index is -3.83. The molecule has 3 N–H and O–H groups in total. The lowest BCUT2D eigenvalue weighted by atomic mass is 10.0. The van der Waals surface area contributed by atoms with E-state index < -0.39 is 18.4 Å². The van der Waals surface area contributed by atoms with Crippen molar-refractivity contribution in [3.8, 4) is 0 Å². The zero-order valence-electron chi connectivity index (χ0n) is 10.3. The van der Waals surface area contributed by atoms with Crippen molar-refractivity contribution in [2.24, 2.45) is 5.73 Å². The van der Waals surface area contributed by atoms with E-state index in [4.69, 9.17) is 10.8 Å². The fourth-order valence-corrected chi connectivity index (χ4v) is 1.07. The minimum absolute atomic E-state index is 0.0184. The van der Waals surface area contributed by atoms with Crippen LogP contribution in [0, 0.1) is 5.82 Å². The van der Waals surface area contributed by atoms with E-state index in [2.05, 4.69) is 0 Å². The van der Waals surface area contributed by atoms with Crippen molar-refractivity contribution in [3.05, 3.63) is 35.6 Å². The van der Waals surface area contributed by atoms with Gasteiger partial charge in [-0.3, -0.25) is 0 Å². The van der Waals surface area contributed by atoms with Gasteiger partial charge >= 0.3 is 12.3 Å². The maximum absolute atomic E-state index is 13.0. The van der Waals surface area contributed by atoms with E-state index in [1.807, 2.05) is 0 Å². The van der Waals surface area contributed by atoms with Crippen LogP contribution in [-0.4, -0.2) is 24.1 Å². The first-order valence-electron chi connectivity index (χ1n) is 5.47. The van der Waals surface area contributed by atoms with Gasteiger partial charge in [0.1, 0.15) is 5.82 Å². The Bertz CT molecular complexity index is 367. The van der Waals surface area contributed by atoms with Crippen molar-refractivity contribution in [2.45, 2.75) is 31.7 Å². The third-order valence-electron chi connectivity index (χ3n) is 2.13. The molecule has 1 unspecified atom stereocenters. The lowest BCUT2D eigenvalue weighted by Crippen LogP contribution is -2.20. The molecule has 0 heterocycles. The Morgan fingerprint density at radius 1 is 1.26 bits per heavy atom. The maximum Gasteiger partial charge on any atom is 0.304 e. The molecule has 0 bridgehead atoms. The monoisotopic (exact) mass is 285 g/mol. The fraction of sp³-hybridized carbons (Fsp3) is 0.500. The molecule has 1 aromatic rings. The summed E-state index contributed by atoms with van der Waals surface area (Å²) in [6, 6.07) is 5.94. The molecule has 2 nitrogen and oxygen atoms in total. The summed E-state index contributed by atoms with van der Waals surface area (Å²) in [6.07, 6.45) is -3.14. The second-order valence-electron chi connectivity index (χ2n) is 3.90. The van der Waals surface area contributed by atoms with Gasteiger partial charge in [0.05, 0.1) is 0 Å². The Balaban J connectivity index is 0.000000399. The Kier molecular flexibility index (Phi) is 7.55. The molecule has 0 amide bonds. The van der Waals surface area contributed by atoms with Crippen LogP contribution in [0.2, 0.25) is 0 Å². The van der Waals surface area contributed by atoms with Gasteiger partial charge in [0.25, 0.3) is 0 Å². The van der Waals surface area contributed by atoms with E-state index in [-0.39, 0.29) is 19.3 Å². The van der Waals surface area contributed by atoms with Crippen molar-refractivity contribution < 1.29 is 27.1 Å². The molecule has 0 aromatic heterocycles. The maximum atomic E-state index is 13.0. The molecule has 19 heavy (non-hydrogen) atoms. The molecule has 0 aliphatic carbocycles. The van der Waals surface area contributed by atoms with Gasteiger partial charge in [-0.2, -0.15) is 0 Å². The first-order valence-corrected chi connectivity index (χ1v) is 5.47. The van der Waals surface area contributed by atoms with Crippen LogP contribution in [0.4, 0.5) is 22.0 Å². The van der Waals surface area contributed by atoms with E-state index in [1.54, 1.807) is 18.2 Å². The molecule has 110 valence electrons. The lowest BCUT2D eigenvalue weighted by Gasteiger charge is -2.10. The summed E-state index contributed by atoms with van der Waals surface area (Å²) in [4.78, 5) is 0. The van der Waals surface area contributed by atoms with Crippen LogP contribution in [0.5, 0.6) is 0 Å². The highest BCUT2D eigenvalue weighted by Crippen LogP contribution is 2.20. The molecule has 1 atom stereocenters. The Hall–Kier alpha value is -1.21. The van der Waals surface area contributed by atoms with Crippen molar-refractivity contribution in [2.75, 3.05) is 6.61 Å². The van der Waals surface area contributed by atoms with Gasteiger partial charge in [-0.25, -0.2) is 22.0 Å². The number of hydrogen-bond acceptors (Lipinski definition) is 2. The predicted octanol–water partition coefficient (Wildman–Crippen LogP) is 3.11. The highest BCUT2D eigenvalue weighted by molar-refractivity contribution is 5.20. The van der Waals surface area contributed by atoms with Gasteiger partial charge in [0.2, 0.25) is 0 Å². The second-order valence-corrected chi connectivity index (χ2v) is 3.90. The van der Waals surface area contributed by atoms with Crippen LogP contribution >= 0.6 is 0 Å². The minimum Gasteiger partial charge on any atom is -0.396 e. The Morgan fingerprint density at radius 3 is 2.11 bits per heavy atom. The summed E-state index contributed by atoms with van der Waals surface area (Å²) in [5.41, 5.74) is 6.07. The molecule has 1 aromatic carbocycles. The summed E-state index contributed by atoms with van der Waals surface area (Å²) in [5, 5.41) is 8.59. The summed E-state index contributed by atoms with van der Waals surface area (Å²) >= 11 is 0. The Morgan fingerprint density at radius 2 is 1.74 bits per heavy atom. The van der Waals surface area contributed by atoms with Crippen LogP contribution < -0.4 is 5.73 Å². The summed E-state index contributed by atoms with van der Waals surface area (Å²) in [6.45, 7) is 0.160. The van der Waals surface area contributed by atoms with Crippen LogP contribution in [-0.2, 0) is 0 Å². The topological polar surface area (TPSA) is 46.2 Å². The lowest BCUT2D eigenvalue weighted by molar-refractivity contribution is -0.113. The molecule has 0 saturated heterocycles. The molecular formula is C12H16F5NO. The Labute approximate surface area is 108 Å². The molecule has 0 radical (unpaired) electrons. The number of rotatable bonds is 4. The van der Waals surface area contributed by atoms with Gasteiger partial charge in [0, 0.05) is 25.1 Å². The highest BCUT2D eigenvalue weighted by atomic mass is 19.3. The molecule has 1 rings (SSSR count). The third-order valence-corrected chi connectivity index (χ3v) is 2.13. The standard InChI is InChI=1S/C9H12FNO.C3H4F4/c10-8-4-2-1-3-7(8)9(11)5-6-12;1-3(6,7)2(4)5/h1-4,9,12H,5-6,11H2;2H,1H3. The largest absolute Gasteiger partial charge is 0.396 e. The van der Waals surface area contributed by atoms with Gasteiger partial charge in [0.15, 0.2) is 0 Å². The van der Waals surface area contributed by atoms with Gasteiger partial charge in [-0.15, -0.1) is 0 Å². The first kappa shape index (κ1) is 17.8. The highest BCUT2D eigenvalue weighted by Gasteiger charge is 2.33. The number of aliphatic hydroxyl groups is 1. The SMILES string of the molecule is CC(F)(F)C(F)F.NC(CCO)c1ccccc1F. The van der Waals surface area contributed by atoms with Gasteiger partial charge in [-0.1, -0.05) is 18.2 Å². The molecule has 0 aliphatic heterocycles. The normalized spacial score (nSPS) is 12.9. The third kappa shape index (κ3) is 7.07.